The van der Waals surface area contributed by atoms with Crippen molar-refractivity contribution in [2.45, 2.75) is 6.18 Å². The number of benzene rings is 1. The Morgan fingerprint density at radius 2 is 1.83 bits per heavy atom. The molecule has 0 atom stereocenters. The molecule has 0 fully saturated rings. The Balaban J connectivity index is 2.21. The minimum atomic E-state index is -4.91. The maximum atomic E-state index is 13.7. The van der Waals surface area contributed by atoms with Gasteiger partial charge in [0, 0.05) is 18.3 Å². The molecule has 3 rings (SSSR count). The SMILES string of the molecule is COc1nc(-c2ccccn2)nc(Nc2c(Cl)cc([N+](=O)[O-])cc2Cl)c1C(F)(F)F. The molecule has 0 saturated carbocycles. The van der Waals surface area contributed by atoms with Crippen LogP contribution < -0.4 is 10.1 Å². The molecule has 13 heteroatoms. The van der Waals surface area contributed by atoms with E-state index in [1.54, 1.807) is 12.1 Å². The van der Waals surface area contributed by atoms with E-state index in [0.717, 1.165) is 19.2 Å². The van der Waals surface area contributed by atoms with E-state index in [2.05, 4.69) is 20.3 Å². The van der Waals surface area contributed by atoms with Gasteiger partial charge in [-0.25, -0.2) is 4.98 Å². The number of ether oxygens (including phenoxy) is 1. The number of rotatable bonds is 5. The lowest BCUT2D eigenvalue weighted by molar-refractivity contribution is -0.384. The van der Waals surface area contributed by atoms with Crippen LogP contribution in [0.4, 0.5) is 30.4 Å². The van der Waals surface area contributed by atoms with Gasteiger partial charge in [0.1, 0.15) is 5.69 Å². The summed E-state index contributed by atoms with van der Waals surface area (Å²) in [6, 6.07) is 6.60. The standard InChI is InChI=1S/C17H10Cl2F3N5O3/c1-30-16-12(17(20,21)22)15(25-14(26-16)11-4-2-3-5-23-11)24-13-9(18)6-8(27(28)29)7-10(13)19/h2-7H,1H3,(H,24,25,26). The van der Waals surface area contributed by atoms with Crippen LogP contribution in [0.25, 0.3) is 11.5 Å². The summed E-state index contributed by atoms with van der Waals surface area (Å²) < 4.78 is 46.0. The molecule has 0 aliphatic heterocycles. The minimum absolute atomic E-state index is 0.155. The number of methoxy groups -OCH3 is 1. The number of hydrogen-bond acceptors (Lipinski definition) is 7. The molecule has 0 amide bonds. The van der Waals surface area contributed by atoms with E-state index in [9.17, 15) is 23.3 Å². The molecule has 2 heterocycles. The monoisotopic (exact) mass is 459 g/mol. The molecule has 1 aromatic carbocycles. The number of halogens is 5. The van der Waals surface area contributed by atoms with Crippen molar-refractivity contribution >= 4 is 40.4 Å². The molecule has 30 heavy (non-hydrogen) atoms. The largest absolute Gasteiger partial charge is 0.480 e. The summed E-state index contributed by atoms with van der Waals surface area (Å²) in [5.41, 5.74) is -1.76. The van der Waals surface area contributed by atoms with E-state index in [1.165, 1.54) is 12.3 Å². The van der Waals surface area contributed by atoms with Gasteiger partial charge in [-0.2, -0.15) is 18.2 Å². The van der Waals surface area contributed by atoms with E-state index in [1.807, 2.05) is 0 Å². The first-order valence-corrected chi connectivity index (χ1v) is 8.72. The van der Waals surface area contributed by atoms with Crippen LogP contribution >= 0.6 is 23.2 Å². The molecule has 3 aromatic rings. The van der Waals surface area contributed by atoms with Gasteiger partial charge < -0.3 is 10.1 Å². The molecule has 0 aliphatic rings. The van der Waals surface area contributed by atoms with Gasteiger partial charge in [0.05, 0.1) is 27.8 Å². The van der Waals surface area contributed by atoms with Gasteiger partial charge in [-0.15, -0.1) is 0 Å². The average Bonchev–Trinajstić information content (AvgIpc) is 2.69. The zero-order chi connectivity index (χ0) is 22.1. The van der Waals surface area contributed by atoms with Crippen molar-refractivity contribution in [2.75, 3.05) is 12.4 Å². The lowest BCUT2D eigenvalue weighted by atomic mass is 10.2. The van der Waals surface area contributed by atoms with Crippen LogP contribution in [0.3, 0.4) is 0 Å². The normalized spacial score (nSPS) is 11.3. The van der Waals surface area contributed by atoms with E-state index in [4.69, 9.17) is 27.9 Å². The number of alkyl halides is 3. The van der Waals surface area contributed by atoms with Gasteiger partial charge in [0.2, 0.25) is 5.88 Å². The van der Waals surface area contributed by atoms with Gasteiger partial charge in [-0.05, 0) is 12.1 Å². The molecule has 0 spiro atoms. The first-order chi connectivity index (χ1) is 14.1. The third-order valence-corrected chi connectivity index (χ3v) is 4.32. The molecular weight excluding hydrogens is 450 g/mol. The number of nitro groups is 1. The highest BCUT2D eigenvalue weighted by molar-refractivity contribution is 6.39. The van der Waals surface area contributed by atoms with E-state index >= 15 is 0 Å². The van der Waals surface area contributed by atoms with Crippen LogP contribution in [-0.4, -0.2) is 27.0 Å². The van der Waals surface area contributed by atoms with E-state index < -0.39 is 34.0 Å². The van der Waals surface area contributed by atoms with Gasteiger partial charge in [-0.3, -0.25) is 15.1 Å². The number of hydrogen-bond donors (Lipinski definition) is 1. The Kier molecular flexibility index (Phi) is 5.94. The number of nitrogens with zero attached hydrogens (tertiary/aromatic N) is 4. The predicted octanol–water partition coefficient (Wildman–Crippen LogP) is 5.52. The molecule has 2 aromatic heterocycles. The van der Waals surface area contributed by atoms with Crippen molar-refractivity contribution in [1.82, 2.24) is 15.0 Å². The Labute approximate surface area is 176 Å². The molecular formula is C17H10Cl2F3N5O3. The summed E-state index contributed by atoms with van der Waals surface area (Å²) in [5, 5.41) is 12.8. The van der Waals surface area contributed by atoms with Crippen LogP contribution in [0.2, 0.25) is 10.0 Å². The molecule has 0 unspecified atom stereocenters. The van der Waals surface area contributed by atoms with E-state index in [0.29, 0.717) is 0 Å². The number of pyridine rings is 1. The summed E-state index contributed by atoms with van der Waals surface area (Å²) in [4.78, 5) is 21.9. The summed E-state index contributed by atoms with van der Waals surface area (Å²) in [5.74, 6) is -1.63. The summed E-state index contributed by atoms with van der Waals surface area (Å²) in [6.07, 6.45) is -3.49. The van der Waals surface area contributed by atoms with Crippen molar-refractivity contribution in [1.29, 1.82) is 0 Å². The number of nitrogens with one attached hydrogen (secondary N) is 1. The second-order valence-electron chi connectivity index (χ2n) is 5.66. The molecule has 8 nitrogen and oxygen atoms in total. The van der Waals surface area contributed by atoms with Crippen LogP contribution in [0.5, 0.6) is 5.88 Å². The van der Waals surface area contributed by atoms with Crippen LogP contribution in [0.15, 0.2) is 36.5 Å². The maximum absolute atomic E-state index is 13.7. The van der Waals surface area contributed by atoms with Gasteiger partial charge in [0.25, 0.3) is 5.69 Å². The highest BCUT2D eigenvalue weighted by atomic mass is 35.5. The van der Waals surface area contributed by atoms with Crippen LogP contribution in [0, 0.1) is 10.1 Å². The average molecular weight is 460 g/mol. The quantitative estimate of drug-likeness (QED) is 0.395. The van der Waals surface area contributed by atoms with Gasteiger partial charge in [0.15, 0.2) is 17.2 Å². The molecule has 0 bridgehead atoms. The van der Waals surface area contributed by atoms with Gasteiger partial charge >= 0.3 is 6.18 Å². The maximum Gasteiger partial charge on any atom is 0.425 e. The van der Waals surface area contributed by atoms with Gasteiger partial charge in [-0.1, -0.05) is 29.3 Å². The van der Waals surface area contributed by atoms with Crippen molar-refractivity contribution in [3.05, 3.63) is 62.3 Å². The Morgan fingerprint density at radius 3 is 2.33 bits per heavy atom. The summed E-state index contributed by atoms with van der Waals surface area (Å²) in [7, 11) is 1.02. The topological polar surface area (TPSA) is 103 Å². The molecule has 0 radical (unpaired) electrons. The lowest BCUT2D eigenvalue weighted by Crippen LogP contribution is -2.15. The fourth-order valence-corrected chi connectivity index (χ4v) is 3.02. The third kappa shape index (κ3) is 4.36. The van der Waals surface area contributed by atoms with Crippen molar-refractivity contribution < 1.29 is 22.8 Å². The smallest absolute Gasteiger partial charge is 0.425 e. The highest BCUT2D eigenvalue weighted by Gasteiger charge is 2.40. The fraction of sp³-hybridized carbons (Fsp3) is 0.118. The second-order valence-corrected chi connectivity index (χ2v) is 6.47. The van der Waals surface area contributed by atoms with Crippen molar-refractivity contribution in [3.63, 3.8) is 0 Å². The van der Waals surface area contributed by atoms with Crippen LogP contribution in [-0.2, 0) is 6.18 Å². The molecule has 0 aliphatic carbocycles. The number of aromatic nitrogens is 3. The third-order valence-electron chi connectivity index (χ3n) is 3.73. The number of nitro benzene ring substituents is 1. The molecule has 0 saturated heterocycles. The Bertz CT molecular complexity index is 1090. The Morgan fingerprint density at radius 1 is 1.17 bits per heavy atom. The first kappa shape index (κ1) is 21.5. The zero-order valence-electron chi connectivity index (χ0n) is 14.9. The zero-order valence-corrected chi connectivity index (χ0v) is 16.4. The van der Waals surface area contributed by atoms with Crippen molar-refractivity contribution in [2.24, 2.45) is 0 Å². The first-order valence-electron chi connectivity index (χ1n) is 7.97. The molecule has 156 valence electrons. The Hall–Kier alpha value is -3.18. The van der Waals surface area contributed by atoms with Crippen molar-refractivity contribution in [3.8, 4) is 17.4 Å². The molecule has 1 N–H and O–H groups in total. The minimum Gasteiger partial charge on any atom is -0.480 e. The number of anilines is 2. The summed E-state index contributed by atoms with van der Waals surface area (Å²) in [6.45, 7) is 0. The second kappa shape index (κ2) is 8.28. The number of non-ortho nitro benzene ring substituents is 1. The lowest BCUT2D eigenvalue weighted by Gasteiger charge is -2.18. The van der Waals surface area contributed by atoms with Crippen LogP contribution in [0.1, 0.15) is 5.56 Å². The predicted molar refractivity (Wildman–Crippen MR) is 103 cm³/mol. The summed E-state index contributed by atoms with van der Waals surface area (Å²) >= 11 is 12.0. The van der Waals surface area contributed by atoms with E-state index in [-0.39, 0.29) is 27.3 Å². The fourth-order valence-electron chi connectivity index (χ4n) is 2.45. The highest BCUT2D eigenvalue weighted by Crippen LogP contribution is 2.43.